The summed E-state index contributed by atoms with van der Waals surface area (Å²) in [5.74, 6) is 0. The van der Waals surface area contributed by atoms with Gasteiger partial charge in [0.15, 0.2) is 0 Å². The second kappa shape index (κ2) is 4.84. The summed E-state index contributed by atoms with van der Waals surface area (Å²) in [5.41, 5.74) is -0.264. The molecular formula is C9H18ClNO3. The van der Waals surface area contributed by atoms with Crippen LogP contribution >= 0.6 is 12.4 Å². The molecule has 1 rings (SSSR count). The number of amides is 1. The van der Waals surface area contributed by atoms with Gasteiger partial charge < -0.3 is 15.2 Å². The number of ether oxygens (including phenoxy) is 1. The van der Waals surface area contributed by atoms with Gasteiger partial charge in [-0.15, -0.1) is 12.4 Å². The number of carbonyl (C=O) groups excluding carboxylic acids is 1. The molecule has 1 fully saturated rings. The molecule has 0 heterocycles. The van der Waals surface area contributed by atoms with Crippen molar-refractivity contribution < 1.29 is 14.6 Å². The Bertz CT molecular complexity index is 197. The molecule has 0 radical (unpaired) electrons. The van der Waals surface area contributed by atoms with Gasteiger partial charge in [-0.05, 0) is 20.8 Å². The van der Waals surface area contributed by atoms with E-state index in [1.54, 1.807) is 0 Å². The molecule has 1 saturated carbocycles. The lowest BCUT2D eigenvalue weighted by Crippen LogP contribution is -2.45. The molecule has 0 aromatic carbocycles. The number of aliphatic hydroxyl groups excluding tert-OH is 1. The third kappa shape index (κ3) is 4.67. The molecule has 4 nitrogen and oxygen atoms in total. The minimum absolute atomic E-state index is 0. The molecule has 0 aromatic heterocycles. The normalized spacial score (nSPS) is 25.7. The van der Waals surface area contributed by atoms with Gasteiger partial charge in [-0.3, -0.25) is 0 Å². The maximum atomic E-state index is 11.2. The molecule has 1 aliphatic carbocycles. The Morgan fingerprint density at radius 1 is 1.43 bits per heavy atom. The van der Waals surface area contributed by atoms with Crippen molar-refractivity contribution in [3.05, 3.63) is 0 Å². The van der Waals surface area contributed by atoms with Crippen LogP contribution in [0.25, 0.3) is 0 Å². The Morgan fingerprint density at radius 3 is 2.29 bits per heavy atom. The number of halogens is 1. The number of rotatable bonds is 1. The Kier molecular flexibility index (Phi) is 4.68. The molecule has 0 spiro atoms. The summed E-state index contributed by atoms with van der Waals surface area (Å²) in [6.07, 6.45) is 0.351. The van der Waals surface area contributed by atoms with E-state index < -0.39 is 6.09 Å². The molecule has 0 aromatic rings. The number of nitrogens with one attached hydrogen (secondary N) is 1. The highest BCUT2D eigenvalue weighted by molar-refractivity contribution is 5.85. The first kappa shape index (κ1) is 13.5. The minimum atomic E-state index is -0.399. The van der Waals surface area contributed by atoms with Crippen LogP contribution in [-0.2, 0) is 4.74 Å². The largest absolute Gasteiger partial charge is 0.446 e. The number of carbonyl (C=O) groups is 1. The second-order valence-corrected chi connectivity index (χ2v) is 4.53. The van der Waals surface area contributed by atoms with E-state index in [0.717, 1.165) is 0 Å². The maximum Gasteiger partial charge on any atom is 0.407 e. The van der Waals surface area contributed by atoms with E-state index in [0.29, 0.717) is 12.8 Å². The summed E-state index contributed by atoms with van der Waals surface area (Å²) in [7, 11) is 0. The predicted molar refractivity (Wildman–Crippen MR) is 55.6 cm³/mol. The van der Waals surface area contributed by atoms with Gasteiger partial charge in [0.1, 0.15) is 6.10 Å². The number of hydrogen-bond donors (Lipinski definition) is 2. The molecule has 14 heavy (non-hydrogen) atoms. The molecule has 2 N–H and O–H groups in total. The Morgan fingerprint density at radius 2 is 1.93 bits per heavy atom. The lowest BCUT2D eigenvalue weighted by molar-refractivity contribution is -0.0362. The van der Waals surface area contributed by atoms with Crippen molar-refractivity contribution in [1.29, 1.82) is 0 Å². The summed E-state index contributed by atoms with van der Waals surface area (Å²) < 4.78 is 5.02. The molecule has 1 amide bonds. The first-order valence-electron chi connectivity index (χ1n) is 4.54. The van der Waals surface area contributed by atoms with Gasteiger partial charge in [-0.1, -0.05) is 0 Å². The standard InChI is InChI=1S/C9H17NO3.ClH/c1-9(2,3)10-8(12)13-7-4-6(11)5-7;/h6-7,11H,4-5H2,1-3H3,(H,10,12);1H. The van der Waals surface area contributed by atoms with Crippen LogP contribution in [0.1, 0.15) is 33.6 Å². The lowest BCUT2D eigenvalue weighted by Gasteiger charge is -2.31. The zero-order valence-electron chi connectivity index (χ0n) is 8.74. The monoisotopic (exact) mass is 223 g/mol. The summed E-state index contributed by atoms with van der Waals surface area (Å²) >= 11 is 0. The molecule has 0 bridgehead atoms. The van der Waals surface area contributed by atoms with Crippen LogP contribution in [0.2, 0.25) is 0 Å². The highest BCUT2D eigenvalue weighted by Gasteiger charge is 2.31. The maximum absolute atomic E-state index is 11.2. The summed E-state index contributed by atoms with van der Waals surface area (Å²) in [5, 5.41) is 11.6. The Labute approximate surface area is 90.4 Å². The molecule has 1 aliphatic rings. The van der Waals surface area contributed by atoms with Crippen LogP contribution < -0.4 is 5.32 Å². The smallest absolute Gasteiger partial charge is 0.407 e. The van der Waals surface area contributed by atoms with Crippen molar-refractivity contribution in [2.45, 2.75) is 51.4 Å². The predicted octanol–water partition coefficient (Wildman–Crippen LogP) is 1.46. The van der Waals surface area contributed by atoms with Crippen molar-refractivity contribution in [2.75, 3.05) is 0 Å². The average Bonchev–Trinajstić information content (AvgIpc) is 1.79. The quantitative estimate of drug-likeness (QED) is 0.708. The molecular weight excluding hydrogens is 206 g/mol. The third-order valence-corrected chi connectivity index (χ3v) is 1.82. The SMILES string of the molecule is CC(C)(C)NC(=O)OC1CC(O)C1.Cl. The molecule has 0 unspecified atom stereocenters. The van der Waals surface area contributed by atoms with Crippen molar-refractivity contribution in [2.24, 2.45) is 0 Å². The van der Waals surface area contributed by atoms with Gasteiger partial charge >= 0.3 is 6.09 Å². The number of aliphatic hydroxyl groups is 1. The van der Waals surface area contributed by atoms with Crippen LogP contribution in [0.3, 0.4) is 0 Å². The third-order valence-electron chi connectivity index (χ3n) is 1.82. The van der Waals surface area contributed by atoms with Crippen molar-refractivity contribution in [1.82, 2.24) is 5.32 Å². The molecule has 84 valence electrons. The molecule has 0 saturated heterocycles. The van der Waals surface area contributed by atoms with Gasteiger partial charge in [0, 0.05) is 18.4 Å². The van der Waals surface area contributed by atoms with Gasteiger partial charge in [-0.25, -0.2) is 4.79 Å². The molecule has 5 heteroatoms. The van der Waals surface area contributed by atoms with Crippen LogP contribution in [0.4, 0.5) is 4.79 Å². The van der Waals surface area contributed by atoms with Crippen molar-refractivity contribution >= 4 is 18.5 Å². The van der Waals surface area contributed by atoms with Gasteiger partial charge in [0.2, 0.25) is 0 Å². The highest BCUT2D eigenvalue weighted by Crippen LogP contribution is 2.23. The Balaban J connectivity index is 0.00000169. The van der Waals surface area contributed by atoms with Crippen LogP contribution in [0.5, 0.6) is 0 Å². The molecule has 0 aliphatic heterocycles. The summed E-state index contributed by atoms with van der Waals surface area (Å²) in [6, 6.07) is 0. The minimum Gasteiger partial charge on any atom is -0.446 e. The van der Waals surface area contributed by atoms with E-state index in [1.807, 2.05) is 20.8 Å². The van der Waals surface area contributed by atoms with E-state index >= 15 is 0 Å². The highest BCUT2D eigenvalue weighted by atomic mass is 35.5. The molecule has 0 atom stereocenters. The van der Waals surface area contributed by atoms with Gasteiger partial charge in [0.05, 0.1) is 6.10 Å². The van der Waals surface area contributed by atoms with E-state index in [-0.39, 0.29) is 30.2 Å². The number of alkyl carbamates (subject to hydrolysis) is 1. The summed E-state index contributed by atoms with van der Waals surface area (Å²) in [6.45, 7) is 5.68. The van der Waals surface area contributed by atoms with E-state index in [2.05, 4.69) is 5.32 Å². The fourth-order valence-corrected chi connectivity index (χ4v) is 1.12. The average molecular weight is 224 g/mol. The number of hydrogen-bond acceptors (Lipinski definition) is 3. The van der Waals surface area contributed by atoms with E-state index in [1.165, 1.54) is 0 Å². The van der Waals surface area contributed by atoms with Crippen LogP contribution in [0.15, 0.2) is 0 Å². The van der Waals surface area contributed by atoms with Crippen LogP contribution in [-0.4, -0.2) is 28.9 Å². The summed E-state index contributed by atoms with van der Waals surface area (Å²) in [4.78, 5) is 11.2. The van der Waals surface area contributed by atoms with E-state index in [4.69, 9.17) is 9.84 Å². The van der Waals surface area contributed by atoms with E-state index in [9.17, 15) is 4.79 Å². The fourth-order valence-electron chi connectivity index (χ4n) is 1.12. The topological polar surface area (TPSA) is 58.6 Å². The van der Waals surface area contributed by atoms with Crippen molar-refractivity contribution in [3.63, 3.8) is 0 Å². The fraction of sp³-hybridized carbons (Fsp3) is 0.889. The zero-order valence-corrected chi connectivity index (χ0v) is 9.56. The van der Waals surface area contributed by atoms with Gasteiger partial charge in [-0.2, -0.15) is 0 Å². The lowest BCUT2D eigenvalue weighted by atomic mass is 9.92. The van der Waals surface area contributed by atoms with Crippen LogP contribution in [0, 0.1) is 0 Å². The first-order valence-corrected chi connectivity index (χ1v) is 4.54. The first-order chi connectivity index (χ1) is 5.87. The van der Waals surface area contributed by atoms with Crippen molar-refractivity contribution in [3.8, 4) is 0 Å². The second-order valence-electron chi connectivity index (χ2n) is 4.53. The zero-order chi connectivity index (χ0) is 10.1. The van der Waals surface area contributed by atoms with Gasteiger partial charge in [0.25, 0.3) is 0 Å². The Hall–Kier alpha value is -0.480.